The zero-order valence-corrected chi connectivity index (χ0v) is 18.4. The zero-order valence-electron chi connectivity index (χ0n) is 18.4. The van der Waals surface area contributed by atoms with E-state index in [2.05, 4.69) is 0 Å². The van der Waals surface area contributed by atoms with Crippen molar-refractivity contribution in [2.75, 3.05) is 13.1 Å². The molecule has 176 valence electrons. The predicted molar refractivity (Wildman–Crippen MR) is 118 cm³/mol. The van der Waals surface area contributed by atoms with Gasteiger partial charge in [-0.15, -0.1) is 0 Å². The van der Waals surface area contributed by atoms with Crippen LogP contribution in [0.25, 0.3) is 11.0 Å². The zero-order chi connectivity index (χ0) is 23.6. The summed E-state index contributed by atoms with van der Waals surface area (Å²) in [4.78, 5) is 14.3. The number of phenolic OH excluding ortho intramolecular Hbond substituents is 1. The molecule has 0 radical (unpaired) electrons. The Kier molecular flexibility index (Phi) is 6.65. The number of halogens is 3. The molecule has 3 aromatic rings. The maximum absolute atomic E-state index is 13.9. The van der Waals surface area contributed by atoms with Crippen molar-refractivity contribution in [2.24, 2.45) is 0 Å². The number of benzene rings is 2. The van der Waals surface area contributed by atoms with Crippen LogP contribution in [0.2, 0.25) is 0 Å². The fourth-order valence-corrected chi connectivity index (χ4v) is 4.35. The lowest BCUT2D eigenvalue weighted by molar-refractivity contribution is -0.918. The Morgan fingerprint density at radius 3 is 2.39 bits per heavy atom. The maximum atomic E-state index is 13.9. The van der Waals surface area contributed by atoms with Crippen LogP contribution in [-0.2, 0) is 19.1 Å². The van der Waals surface area contributed by atoms with Crippen molar-refractivity contribution in [3.63, 3.8) is 0 Å². The number of quaternary nitrogens is 1. The first kappa shape index (κ1) is 23.2. The van der Waals surface area contributed by atoms with Gasteiger partial charge in [-0.3, -0.25) is 4.79 Å². The molecule has 1 saturated heterocycles. The van der Waals surface area contributed by atoms with Gasteiger partial charge in [-0.25, -0.2) is 0 Å². The summed E-state index contributed by atoms with van der Waals surface area (Å²) in [7, 11) is 0. The molecular weight excluding hydrogens is 435 g/mol. The molecule has 4 rings (SSSR count). The van der Waals surface area contributed by atoms with Crippen LogP contribution in [0.1, 0.15) is 49.5 Å². The summed E-state index contributed by atoms with van der Waals surface area (Å²) in [5.74, 6) is -2.47. The number of aromatic hydroxyl groups is 1. The van der Waals surface area contributed by atoms with Gasteiger partial charge in [-0.2, -0.15) is 13.2 Å². The summed E-state index contributed by atoms with van der Waals surface area (Å²) >= 11 is 0. The second-order valence-corrected chi connectivity index (χ2v) is 8.51. The summed E-state index contributed by atoms with van der Waals surface area (Å²) in [5, 5.41) is 10.4. The van der Waals surface area contributed by atoms with E-state index >= 15 is 0 Å². The first-order chi connectivity index (χ1) is 15.8. The molecule has 1 fully saturated rings. The Labute approximate surface area is 189 Å². The summed E-state index contributed by atoms with van der Waals surface area (Å²) in [5.41, 5.74) is 0.0707. The quantitative estimate of drug-likeness (QED) is 0.551. The predicted octanol–water partition coefficient (Wildman–Crippen LogP) is 4.83. The van der Waals surface area contributed by atoms with E-state index in [0.29, 0.717) is 0 Å². The smallest absolute Gasteiger partial charge is 0.453 e. The van der Waals surface area contributed by atoms with Crippen LogP contribution in [0.15, 0.2) is 45.6 Å². The van der Waals surface area contributed by atoms with Crippen molar-refractivity contribution in [3.8, 4) is 17.2 Å². The van der Waals surface area contributed by atoms with E-state index in [9.17, 15) is 23.1 Å². The monoisotopic (exact) mass is 462 g/mol. The van der Waals surface area contributed by atoms with Gasteiger partial charge in [0.05, 0.1) is 24.0 Å². The van der Waals surface area contributed by atoms with Gasteiger partial charge in [0.2, 0.25) is 11.2 Å². The summed E-state index contributed by atoms with van der Waals surface area (Å²) in [6.07, 6.45) is -0.0657. The van der Waals surface area contributed by atoms with Gasteiger partial charge in [-0.05, 0) is 55.5 Å². The molecule has 0 bridgehead atoms. The molecule has 2 aromatic carbocycles. The number of nitrogens with one attached hydrogen (secondary N) is 1. The first-order valence-electron chi connectivity index (χ1n) is 11.3. The fraction of sp³-hybridized carbons (Fsp3) is 0.400. The van der Waals surface area contributed by atoms with E-state index in [-0.39, 0.29) is 34.6 Å². The van der Waals surface area contributed by atoms with E-state index in [1.54, 1.807) is 12.1 Å². The van der Waals surface area contributed by atoms with E-state index in [1.165, 1.54) is 24.3 Å². The lowest BCUT2D eigenvalue weighted by atomic mass is 10.1. The molecule has 0 spiro atoms. The normalized spacial score (nSPS) is 15.2. The number of hydrogen-bond donors (Lipinski definition) is 2. The van der Waals surface area contributed by atoms with Crippen LogP contribution in [-0.4, -0.2) is 18.2 Å². The fourth-order valence-electron chi connectivity index (χ4n) is 4.35. The van der Waals surface area contributed by atoms with Crippen LogP contribution in [0, 0.1) is 0 Å². The molecule has 0 unspecified atom stereocenters. The number of hydrogen-bond acceptors (Lipinski definition) is 4. The lowest BCUT2D eigenvalue weighted by Crippen LogP contribution is -3.11. The highest BCUT2D eigenvalue weighted by molar-refractivity contribution is 5.83. The highest BCUT2D eigenvalue weighted by Crippen LogP contribution is 2.39. The molecule has 2 N–H and O–H groups in total. The lowest BCUT2D eigenvalue weighted by Gasteiger charge is -2.24. The second kappa shape index (κ2) is 9.47. The molecule has 0 aliphatic carbocycles. The molecular formula is C25H27F3NO4+. The Morgan fingerprint density at radius 2 is 1.76 bits per heavy atom. The van der Waals surface area contributed by atoms with Crippen LogP contribution >= 0.6 is 0 Å². The molecule has 0 saturated carbocycles. The van der Waals surface area contributed by atoms with Crippen molar-refractivity contribution in [2.45, 2.75) is 51.7 Å². The van der Waals surface area contributed by atoms with Crippen LogP contribution in [0.5, 0.6) is 17.2 Å². The minimum absolute atomic E-state index is 0.0511. The second-order valence-electron chi connectivity index (χ2n) is 8.51. The molecule has 5 nitrogen and oxygen atoms in total. The third kappa shape index (κ3) is 5.00. The number of likely N-dealkylation sites (tertiary alicyclic amines) is 1. The van der Waals surface area contributed by atoms with Crippen molar-refractivity contribution < 1.29 is 32.3 Å². The van der Waals surface area contributed by atoms with Crippen molar-refractivity contribution in [3.05, 3.63) is 63.5 Å². The highest BCUT2D eigenvalue weighted by Gasteiger charge is 2.41. The summed E-state index contributed by atoms with van der Waals surface area (Å²) < 4.78 is 52.5. The molecule has 2 heterocycles. The standard InChI is InChI=1S/C25H26F3NO4/c1-2-6-16-7-9-17(10-8-16)32-23-21(31)18-11-12-20(30)19(15-29-13-4-3-5-14-29)22(18)33-24(23)25(26,27)28/h7-12,30H,2-6,13-15H2,1H3/p+1. The van der Waals surface area contributed by atoms with E-state index in [1.807, 2.05) is 6.92 Å². The highest BCUT2D eigenvalue weighted by atomic mass is 19.4. The summed E-state index contributed by atoms with van der Waals surface area (Å²) in [6.45, 7) is 4.00. The van der Waals surface area contributed by atoms with Crippen molar-refractivity contribution >= 4 is 11.0 Å². The van der Waals surface area contributed by atoms with Gasteiger partial charge in [-0.1, -0.05) is 25.5 Å². The topological polar surface area (TPSA) is 64.1 Å². The number of aryl methyl sites for hydroxylation is 1. The minimum atomic E-state index is -4.95. The van der Waals surface area contributed by atoms with E-state index in [4.69, 9.17) is 9.15 Å². The SMILES string of the molecule is CCCc1ccc(Oc2c(C(F)(F)F)oc3c(C[NH+]4CCCCC4)c(O)ccc3c2=O)cc1. The Morgan fingerprint density at radius 1 is 1.06 bits per heavy atom. The van der Waals surface area contributed by atoms with Crippen LogP contribution in [0.3, 0.4) is 0 Å². The molecule has 0 amide bonds. The van der Waals surface area contributed by atoms with Gasteiger partial charge < -0.3 is 19.2 Å². The summed E-state index contributed by atoms with van der Waals surface area (Å²) in [6, 6.07) is 9.20. The van der Waals surface area contributed by atoms with Gasteiger partial charge in [0.25, 0.3) is 5.76 Å². The molecule has 33 heavy (non-hydrogen) atoms. The molecule has 1 aliphatic heterocycles. The Bertz CT molecular complexity index is 1180. The minimum Gasteiger partial charge on any atom is -0.507 e. The molecule has 8 heteroatoms. The largest absolute Gasteiger partial charge is 0.507 e. The molecule has 1 aromatic heterocycles. The number of alkyl halides is 3. The van der Waals surface area contributed by atoms with Crippen molar-refractivity contribution in [1.82, 2.24) is 0 Å². The molecule has 0 atom stereocenters. The third-order valence-electron chi connectivity index (χ3n) is 6.02. The first-order valence-corrected chi connectivity index (χ1v) is 11.3. The van der Waals surface area contributed by atoms with Crippen LogP contribution < -0.4 is 15.1 Å². The number of piperidine rings is 1. The number of rotatable bonds is 6. The van der Waals surface area contributed by atoms with Gasteiger partial charge in [0, 0.05) is 0 Å². The number of fused-ring (bicyclic) bond motifs is 1. The van der Waals surface area contributed by atoms with Crippen molar-refractivity contribution in [1.29, 1.82) is 0 Å². The number of phenols is 1. The average Bonchev–Trinajstić information content (AvgIpc) is 2.79. The van der Waals surface area contributed by atoms with Gasteiger partial charge in [0.15, 0.2) is 5.58 Å². The molecule has 1 aliphatic rings. The maximum Gasteiger partial charge on any atom is 0.453 e. The Balaban J connectivity index is 1.81. The van der Waals surface area contributed by atoms with Crippen LogP contribution in [0.4, 0.5) is 13.2 Å². The third-order valence-corrected chi connectivity index (χ3v) is 6.02. The van der Waals surface area contributed by atoms with E-state index < -0.39 is 23.1 Å². The number of ether oxygens (including phenoxy) is 1. The van der Waals surface area contributed by atoms with Gasteiger partial charge >= 0.3 is 6.18 Å². The average molecular weight is 462 g/mol. The van der Waals surface area contributed by atoms with E-state index in [0.717, 1.165) is 55.7 Å². The Hall–Kier alpha value is -3.00. The van der Waals surface area contributed by atoms with Gasteiger partial charge in [0.1, 0.15) is 18.0 Å².